The summed E-state index contributed by atoms with van der Waals surface area (Å²) in [5.41, 5.74) is 0. The van der Waals surface area contributed by atoms with Gasteiger partial charge in [0.1, 0.15) is 5.21 Å². The first-order valence-corrected chi connectivity index (χ1v) is 5.99. The predicted octanol–water partition coefficient (Wildman–Crippen LogP) is -1.14. The summed E-state index contributed by atoms with van der Waals surface area (Å²) in [5, 5.41) is 1.89. The van der Waals surface area contributed by atoms with Gasteiger partial charge in [-0.1, -0.05) is 0 Å². The summed E-state index contributed by atoms with van der Waals surface area (Å²) in [6, 6.07) is 0. The van der Waals surface area contributed by atoms with Crippen LogP contribution in [0.5, 0.6) is 0 Å². The van der Waals surface area contributed by atoms with E-state index in [-0.39, 0.29) is 6.54 Å². The predicted molar refractivity (Wildman–Crippen MR) is 52.5 cm³/mol. The summed E-state index contributed by atoms with van der Waals surface area (Å²) < 4.78 is 28.3. The normalized spacial score (nSPS) is 11.3. The minimum absolute atomic E-state index is 0.307. The lowest BCUT2D eigenvalue weighted by molar-refractivity contribution is -0.120. The molecule has 1 amide bonds. The number of carbonyl (C=O) groups excluding carboxylic acids is 1. The van der Waals surface area contributed by atoms with Crippen LogP contribution in [0.3, 0.4) is 0 Å². The Morgan fingerprint density at radius 2 is 2.14 bits per heavy atom. The van der Waals surface area contributed by atoms with Crippen LogP contribution in [-0.2, 0) is 19.6 Å². The summed E-state index contributed by atoms with van der Waals surface area (Å²) >= 11 is 5.10. The molecule has 0 aromatic rings. The van der Waals surface area contributed by atoms with E-state index in [0.29, 0.717) is 13.2 Å². The number of halogens is 1. The number of carbonyl (C=O) groups is 1. The van der Waals surface area contributed by atoms with Gasteiger partial charge in [-0.25, -0.2) is 13.1 Å². The molecule has 0 rings (SSSR count). The van der Waals surface area contributed by atoms with Gasteiger partial charge >= 0.3 is 0 Å². The molecule has 0 saturated heterocycles. The summed E-state index contributed by atoms with van der Waals surface area (Å²) in [7, 11) is -2.02. The number of hydrogen-bond donors (Lipinski definition) is 2. The van der Waals surface area contributed by atoms with E-state index in [9.17, 15) is 13.2 Å². The topological polar surface area (TPSA) is 84.5 Å². The van der Waals surface area contributed by atoms with Gasteiger partial charge in [-0.3, -0.25) is 4.79 Å². The molecule has 8 heteroatoms. The smallest absolute Gasteiger partial charge is 0.235 e. The van der Waals surface area contributed by atoms with E-state index in [1.54, 1.807) is 0 Å². The first kappa shape index (κ1) is 13.6. The van der Waals surface area contributed by atoms with E-state index in [4.69, 9.17) is 11.6 Å². The van der Waals surface area contributed by atoms with Crippen molar-refractivity contribution >= 4 is 27.5 Å². The van der Waals surface area contributed by atoms with Gasteiger partial charge in [0, 0.05) is 13.7 Å². The van der Waals surface area contributed by atoms with Crippen LogP contribution in [0.15, 0.2) is 0 Å². The average Bonchev–Trinajstić information content (AvgIpc) is 2.16. The highest BCUT2D eigenvalue weighted by Crippen LogP contribution is 1.86. The van der Waals surface area contributed by atoms with E-state index in [2.05, 4.69) is 10.1 Å². The van der Waals surface area contributed by atoms with Gasteiger partial charge in [0.2, 0.25) is 15.9 Å². The Bertz CT molecular complexity index is 267. The molecular weight excluding hydrogens is 232 g/mol. The Labute approximate surface area is 88.0 Å². The van der Waals surface area contributed by atoms with Gasteiger partial charge in [0.15, 0.2) is 0 Å². The lowest BCUT2D eigenvalue weighted by Gasteiger charge is -2.05. The van der Waals surface area contributed by atoms with E-state index < -0.39 is 21.1 Å². The summed E-state index contributed by atoms with van der Waals surface area (Å²) in [5.74, 6) is -0.421. The van der Waals surface area contributed by atoms with Crippen molar-refractivity contribution < 1.29 is 17.9 Å². The van der Waals surface area contributed by atoms with Gasteiger partial charge in [-0.15, -0.1) is 11.6 Å². The molecule has 0 fully saturated rings. The highest BCUT2D eigenvalue weighted by Gasteiger charge is 2.09. The molecule has 2 N–H and O–H groups in total. The fourth-order valence-electron chi connectivity index (χ4n) is 0.569. The van der Waals surface area contributed by atoms with Crippen molar-refractivity contribution in [2.24, 2.45) is 0 Å². The second kappa shape index (κ2) is 6.99. The van der Waals surface area contributed by atoms with Crippen molar-refractivity contribution in [1.29, 1.82) is 0 Å². The zero-order valence-corrected chi connectivity index (χ0v) is 9.32. The third-order valence-electron chi connectivity index (χ3n) is 1.22. The fraction of sp³-hybridized carbons (Fsp3) is 0.833. The number of sulfonamides is 1. The first-order valence-electron chi connectivity index (χ1n) is 3.81. The first-order chi connectivity index (χ1) is 6.52. The van der Waals surface area contributed by atoms with E-state index >= 15 is 0 Å². The van der Waals surface area contributed by atoms with Crippen LogP contribution in [0, 0.1) is 0 Å². The van der Waals surface area contributed by atoms with Crippen LogP contribution in [0.4, 0.5) is 0 Å². The summed E-state index contributed by atoms with van der Waals surface area (Å²) in [6.45, 7) is 0.421. The SMILES string of the molecule is COCCNC(=O)CNS(=O)(=O)CCl. The van der Waals surface area contributed by atoms with Crippen molar-refractivity contribution in [2.45, 2.75) is 0 Å². The Morgan fingerprint density at radius 3 is 2.64 bits per heavy atom. The third kappa shape index (κ3) is 7.07. The molecule has 0 spiro atoms. The van der Waals surface area contributed by atoms with Crippen LogP contribution in [0.2, 0.25) is 0 Å². The highest BCUT2D eigenvalue weighted by atomic mass is 35.5. The monoisotopic (exact) mass is 244 g/mol. The number of ether oxygens (including phenoxy) is 1. The minimum atomic E-state index is -3.52. The second-order valence-electron chi connectivity index (χ2n) is 2.39. The minimum Gasteiger partial charge on any atom is -0.383 e. The van der Waals surface area contributed by atoms with E-state index in [1.165, 1.54) is 7.11 Å². The Hall–Kier alpha value is -0.370. The number of nitrogens with one attached hydrogen (secondary N) is 2. The van der Waals surface area contributed by atoms with Gasteiger partial charge in [-0.05, 0) is 0 Å². The standard InChI is InChI=1S/C6H13ClN2O4S/c1-13-3-2-8-6(10)4-9-14(11,12)5-7/h9H,2-5H2,1H3,(H,8,10). The number of methoxy groups -OCH3 is 1. The number of amides is 1. The van der Waals surface area contributed by atoms with Gasteiger partial charge in [0.25, 0.3) is 0 Å². The molecule has 0 atom stereocenters. The molecule has 0 aliphatic carbocycles. The quantitative estimate of drug-likeness (QED) is 0.438. The van der Waals surface area contributed by atoms with Crippen molar-refractivity contribution in [3.63, 3.8) is 0 Å². The Morgan fingerprint density at radius 1 is 1.50 bits per heavy atom. The van der Waals surface area contributed by atoms with Crippen LogP contribution in [-0.4, -0.2) is 46.3 Å². The van der Waals surface area contributed by atoms with Crippen molar-refractivity contribution in [1.82, 2.24) is 10.0 Å². The van der Waals surface area contributed by atoms with Gasteiger partial charge in [-0.2, -0.15) is 0 Å². The lowest BCUT2D eigenvalue weighted by atomic mass is 10.6. The molecule has 0 unspecified atom stereocenters. The maximum atomic E-state index is 10.9. The van der Waals surface area contributed by atoms with Crippen LogP contribution < -0.4 is 10.0 Å². The van der Waals surface area contributed by atoms with Crippen LogP contribution in [0.25, 0.3) is 0 Å². The molecule has 0 aliphatic rings. The zero-order chi connectivity index (χ0) is 11.0. The molecule has 14 heavy (non-hydrogen) atoms. The molecule has 84 valence electrons. The Balaban J connectivity index is 3.64. The average molecular weight is 245 g/mol. The second-order valence-corrected chi connectivity index (χ2v) is 4.78. The number of hydrogen-bond acceptors (Lipinski definition) is 4. The van der Waals surface area contributed by atoms with E-state index in [0.717, 1.165) is 0 Å². The van der Waals surface area contributed by atoms with Crippen molar-refractivity contribution in [3.8, 4) is 0 Å². The molecule has 0 saturated carbocycles. The molecule has 0 aromatic heterocycles. The molecule has 0 radical (unpaired) electrons. The van der Waals surface area contributed by atoms with Crippen LogP contribution in [0.1, 0.15) is 0 Å². The van der Waals surface area contributed by atoms with Gasteiger partial charge < -0.3 is 10.1 Å². The number of alkyl halides is 1. The van der Waals surface area contributed by atoms with Crippen molar-refractivity contribution in [3.05, 3.63) is 0 Å². The molecule has 0 aromatic carbocycles. The maximum absolute atomic E-state index is 10.9. The van der Waals surface area contributed by atoms with Crippen LogP contribution >= 0.6 is 11.6 Å². The molecule has 0 bridgehead atoms. The largest absolute Gasteiger partial charge is 0.383 e. The summed E-state index contributed by atoms with van der Waals surface area (Å²) in [4.78, 5) is 10.9. The highest BCUT2D eigenvalue weighted by molar-refractivity contribution is 7.90. The third-order valence-corrected chi connectivity index (χ3v) is 2.96. The summed E-state index contributed by atoms with van der Waals surface area (Å²) in [6.07, 6.45) is 0. The van der Waals surface area contributed by atoms with E-state index in [1.807, 2.05) is 4.72 Å². The zero-order valence-electron chi connectivity index (χ0n) is 7.75. The molecule has 0 heterocycles. The van der Waals surface area contributed by atoms with Crippen molar-refractivity contribution in [2.75, 3.05) is 32.0 Å². The fourth-order valence-corrected chi connectivity index (χ4v) is 1.23. The molecular formula is C6H13ClN2O4S. The van der Waals surface area contributed by atoms with Gasteiger partial charge in [0.05, 0.1) is 13.2 Å². The molecule has 6 nitrogen and oxygen atoms in total. The Kier molecular flexibility index (Phi) is 6.81. The lowest BCUT2D eigenvalue weighted by Crippen LogP contribution is -2.38. The maximum Gasteiger partial charge on any atom is 0.235 e. The molecule has 0 aliphatic heterocycles. The number of rotatable bonds is 7.